The number of nitriles is 1. The van der Waals surface area contributed by atoms with Crippen molar-refractivity contribution in [2.24, 2.45) is 17.6 Å². The van der Waals surface area contributed by atoms with E-state index in [1.807, 2.05) is 6.07 Å². The number of amides is 1. The summed E-state index contributed by atoms with van der Waals surface area (Å²) < 4.78 is 0. The second kappa shape index (κ2) is 6.74. The summed E-state index contributed by atoms with van der Waals surface area (Å²) in [6.07, 6.45) is 4.11. The van der Waals surface area contributed by atoms with Crippen LogP contribution in [0.1, 0.15) is 31.2 Å². The molecule has 0 aromatic heterocycles. The lowest BCUT2D eigenvalue weighted by molar-refractivity contribution is -0.122. The van der Waals surface area contributed by atoms with Crippen molar-refractivity contribution in [1.82, 2.24) is 0 Å². The summed E-state index contributed by atoms with van der Waals surface area (Å²) in [7, 11) is 0. The van der Waals surface area contributed by atoms with Crippen LogP contribution in [0.5, 0.6) is 0 Å². The monoisotopic (exact) mass is 291 g/mol. The maximum atomic E-state index is 12.3. The van der Waals surface area contributed by atoms with Gasteiger partial charge in [-0.2, -0.15) is 5.26 Å². The van der Waals surface area contributed by atoms with E-state index in [-0.39, 0.29) is 17.7 Å². The quantitative estimate of drug-likeness (QED) is 0.898. The van der Waals surface area contributed by atoms with Gasteiger partial charge < -0.3 is 11.1 Å². The number of hydrogen-bond acceptors (Lipinski definition) is 3. The molecule has 0 heterocycles. The van der Waals surface area contributed by atoms with E-state index in [0.717, 1.165) is 25.7 Å². The standard InChI is InChI=1S/C15H18ClN3O/c16-14-6-5-12(7-11(14)9-18)19-15(20)13-4-2-1-3-10(13)8-17/h5-7,10,13H,1-4,8,17H2,(H,19,20). The molecule has 2 rings (SSSR count). The highest BCUT2D eigenvalue weighted by Gasteiger charge is 2.29. The second-order valence-corrected chi connectivity index (χ2v) is 5.59. The van der Waals surface area contributed by atoms with Gasteiger partial charge in [-0.05, 0) is 43.5 Å². The van der Waals surface area contributed by atoms with Crippen molar-refractivity contribution in [2.75, 3.05) is 11.9 Å². The molecular weight excluding hydrogens is 274 g/mol. The molecule has 2 atom stereocenters. The zero-order valence-corrected chi connectivity index (χ0v) is 12.0. The third-order valence-corrected chi connectivity index (χ3v) is 4.23. The minimum atomic E-state index is -0.0324. The minimum Gasteiger partial charge on any atom is -0.330 e. The van der Waals surface area contributed by atoms with E-state index in [4.69, 9.17) is 22.6 Å². The Hall–Kier alpha value is -1.57. The van der Waals surface area contributed by atoms with Gasteiger partial charge in [-0.15, -0.1) is 0 Å². The Balaban J connectivity index is 2.09. The van der Waals surface area contributed by atoms with Gasteiger partial charge in [-0.1, -0.05) is 24.4 Å². The predicted molar refractivity (Wildman–Crippen MR) is 79.3 cm³/mol. The van der Waals surface area contributed by atoms with Gasteiger partial charge in [0.1, 0.15) is 6.07 Å². The number of rotatable bonds is 3. The van der Waals surface area contributed by atoms with Crippen LogP contribution in [0, 0.1) is 23.2 Å². The molecule has 1 aromatic carbocycles. The van der Waals surface area contributed by atoms with E-state index < -0.39 is 0 Å². The Morgan fingerprint density at radius 3 is 2.90 bits per heavy atom. The fourth-order valence-electron chi connectivity index (χ4n) is 2.76. The second-order valence-electron chi connectivity index (χ2n) is 5.18. The summed E-state index contributed by atoms with van der Waals surface area (Å²) in [5.41, 5.74) is 6.72. The zero-order valence-electron chi connectivity index (χ0n) is 11.2. The molecule has 3 N–H and O–H groups in total. The molecule has 0 radical (unpaired) electrons. The third kappa shape index (κ3) is 3.30. The van der Waals surface area contributed by atoms with Gasteiger partial charge in [0.05, 0.1) is 10.6 Å². The van der Waals surface area contributed by atoms with E-state index >= 15 is 0 Å². The molecule has 1 aliphatic carbocycles. The molecule has 0 aliphatic heterocycles. The first-order valence-corrected chi connectivity index (χ1v) is 7.24. The molecule has 0 spiro atoms. The zero-order chi connectivity index (χ0) is 14.5. The Morgan fingerprint density at radius 1 is 1.45 bits per heavy atom. The molecule has 0 saturated heterocycles. The van der Waals surface area contributed by atoms with Gasteiger partial charge in [-0.3, -0.25) is 4.79 Å². The van der Waals surface area contributed by atoms with Gasteiger partial charge in [0.25, 0.3) is 0 Å². The van der Waals surface area contributed by atoms with E-state index in [0.29, 0.717) is 22.8 Å². The molecule has 0 bridgehead atoms. The lowest BCUT2D eigenvalue weighted by atomic mass is 9.78. The molecule has 20 heavy (non-hydrogen) atoms. The number of halogens is 1. The summed E-state index contributed by atoms with van der Waals surface area (Å²) in [5.74, 6) is 0.216. The van der Waals surface area contributed by atoms with E-state index in [1.165, 1.54) is 0 Å². The first kappa shape index (κ1) is 14.8. The van der Waals surface area contributed by atoms with Crippen molar-refractivity contribution >= 4 is 23.2 Å². The van der Waals surface area contributed by atoms with Crippen molar-refractivity contribution in [3.8, 4) is 6.07 Å². The van der Waals surface area contributed by atoms with Gasteiger partial charge in [0, 0.05) is 11.6 Å². The summed E-state index contributed by atoms with van der Waals surface area (Å²) in [6, 6.07) is 6.93. The van der Waals surface area contributed by atoms with Crippen LogP contribution in [0.2, 0.25) is 5.02 Å². The Kier molecular flexibility index (Phi) is 4.99. The van der Waals surface area contributed by atoms with Crippen LogP contribution in [0.15, 0.2) is 18.2 Å². The van der Waals surface area contributed by atoms with Crippen LogP contribution in [0.3, 0.4) is 0 Å². The number of nitrogens with one attached hydrogen (secondary N) is 1. The highest BCUT2D eigenvalue weighted by molar-refractivity contribution is 6.31. The van der Waals surface area contributed by atoms with Crippen molar-refractivity contribution in [1.29, 1.82) is 5.26 Å². The fraction of sp³-hybridized carbons (Fsp3) is 0.467. The minimum absolute atomic E-state index is 0.00800. The van der Waals surface area contributed by atoms with Crippen LogP contribution >= 0.6 is 11.6 Å². The average molecular weight is 292 g/mol. The molecular formula is C15H18ClN3O. The highest BCUT2D eigenvalue weighted by atomic mass is 35.5. The number of carbonyl (C=O) groups excluding carboxylic acids is 1. The highest BCUT2D eigenvalue weighted by Crippen LogP contribution is 2.30. The maximum absolute atomic E-state index is 12.3. The van der Waals surface area contributed by atoms with Crippen molar-refractivity contribution in [3.05, 3.63) is 28.8 Å². The topological polar surface area (TPSA) is 78.9 Å². The first-order chi connectivity index (χ1) is 9.65. The van der Waals surface area contributed by atoms with Crippen LogP contribution < -0.4 is 11.1 Å². The van der Waals surface area contributed by atoms with Gasteiger partial charge >= 0.3 is 0 Å². The molecule has 1 aromatic rings. The summed E-state index contributed by atoms with van der Waals surface area (Å²) in [4.78, 5) is 12.3. The van der Waals surface area contributed by atoms with Gasteiger partial charge in [0.15, 0.2) is 0 Å². The third-order valence-electron chi connectivity index (χ3n) is 3.90. The largest absolute Gasteiger partial charge is 0.330 e. The lowest BCUT2D eigenvalue weighted by Crippen LogP contribution is -2.35. The fourth-order valence-corrected chi connectivity index (χ4v) is 2.92. The summed E-state index contributed by atoms with van der Waals surface area (Å²) in [6.45, 7) is 0.544. The molecule has 5 heteroatoms. The van der Waals surface area contributed by atoms with Crippen LogP contribution in [0.4, 0.5) is 5.69 Å². The number of nitrogens with zero attached hydrogens (tertiary/aromatic N) is 1. The molecule has 1 fully saturated rings. The van der Waals surface area contributed by atoms with Gasteiger partial charge in [0.2, 0.25) is 5.91 Å². The number of benzene rings is 1. The van der Waals surface area contributed by atoms with Crippen molar-refractivity contribution in [3.63, 3.8) is 0 Å². The summed E-state index contributed by atoms with van der Waals surface area (Å²) >= 11 is 5.88. The molecule has 106 valence electrons. The molecule has 1 aliphatic rings. The maximum Gasteiger partial charge on any atom is 0.227 e. The molecule has 1 amide bonds. The van der Waals surface area contributed by atoms with Crippen LogP contribution in [0.25, 0.3) is 0 Å². The number of nitrogens with two attached hydrogens (primary N) is 1. The van der Waals surface area contributed by atoms with Crippen molar-refractivity contribution in [2.45, 2.75) is 25.7 Å². The Bertz CT molecular complexity index is 538. The predicted octanol–water partition coefficient (Wildman–Crippen LogP) is 2.92. The first-order valence-electron chi connectivity index (χ1n) is 6.86. The smallest absolute Gasteiger partial charge is 0.227 e. The van der Waals surface area contributed by atoms with Crippen molar-refractivity contribution < 1.29 is 4.79 Å². The summed E-state index contributed by atoms with van der Waals surface area (Å²) in [5, 5.41) is 12.2. The molecule has 1 saturated carbocycles. The number of carbonyl (C=O) groups is 1. The van der Waals surface area contributed by atoms with Gasteiger partial charge in [-0.25, -0.2) is 0 Å². The number of hydrogen-bond donors (Lipinski definition) is 2. The number of anilines is 1. The Morgan fingerprint density at radius 2 is 2.20 bits per heavy atom. The average Bonchev–Trinajstić information content (AvgIpc) is 2.49. The normalized spacial score (nSPS) is 22.1. The van der Waals surface area contributed by atoms with Crippen LogP contribution in [-0.4, -0.2) is 12.5 Å². The SMILES string of the molecule is N#Cc1cc(NC(=O)C2CCCCC2CN)ccc1Cl. The molecule has 2 unspecified atom stereocenters. The van der Waals surface area contributed by atoms with E-state index in [1.54, 1.807) is 18.2 Å². The molecule has 4 nitrogen and oxygen atoms in total. The Labute approximate surface area is 123 Å². The van der Waals surface area contributed by atoms with Crippen LogP contribution in [-0.2, 0) is 4.79 Å². The lowest BCUT2D eigenvalue weighted by Gasteiger charge is -2.29. The van der Waals surface area contributed by atoms with E-state index in [9.17, 15) is 4.79 Å². The van der Waals surface area contributed by atoms with E-state index in [2.05, 4.69) is 5.32 Å².